The van der Waals surface area contributed by atoms with Crippen molar-refractivity contribution in [1.82, 2.24) is 0 Å². The molecular weight excluding hydrogens is 449 g/mol. The van der Waals surface area contributed by atoms with Gasteiger partial charge in [-0.05, 0) is 48.0 Å². The van der Waals surface area contributed by atoms with Crippen molar-refractivity contribution in [2.45, 2.75) is 13.2 Å². The number of anilines is 1. The zero-order chi connectivity index (χ0) is 21.7. The zero-order valence-corrected chi connectivity index (χ0v) is 18.2. The number of carbonyl (C=O) groups is 1. The van der Waals surface area contributed by atoms with Crippen molar-refractivity contribution >= 4 is 46.5 Å². The van der Waals surface area contributed by atoms with Crippen LogP contribution in [-0.4, -0.2) is 18.2 Å². The molecule has 0 aliphatic carbocycles. The van der Waals surface area contributed by atoms with E-state index in [-0.39, 0.29) is 12.2 Å². The van der Waals surface area contributed by atoms with Crippen LogP contribution < -0.4 is 14.8 Å². The maximum absolute atomic E-state index is 11.1. The van der Waals surface area contributed by atoms with E-state index in [0.29, 0.717) is 38.8 Å². The molecule has 3 rings (SSSR count). The normalized spacial score (nSPS) is 10.5. The summed E-state index contributed by atoms with van der Waals surface area (Å²) in [5.74, 6) is 0.113. The lowest BCUT2D eigenvalue weighted by Gasteiger charge is -2.14. The third-order valence-corrected chi connectivity index (χ3v) is 5.24. The lowest BCUT2D eigenvalue weighted by Crippen LogP contribution is -2.04. The molecule has 0 atom stereocenters. The van der Waals surface area contributed by atoms with E-state index < -0.39 is 5.97 Å². The lowest BCUT2D eigenvalue weighted by molar-refractivity contribution is 0.0697. The lowest BCUT2D eigenvalue weighted by atomic mass is 10.1. The molecule has 0 aromatic heterocycles. The maximum atomic E-state index is 11.1. The number of methoxy groups -OCH3 is 1. The Morgan fingerprint density at radius 3 is 2.47 bits per heavy atom. The van der Waals surface area contributed by atoms with Crippen molar-refractivity contribution in [3.63, 3.8) is 0 Å². The number of halogens is 3. The number of ether oxygens (including phenoxy) is 2. The van der Waals surface area contributed by atoms with Crippen molar-refractivity contribution in [3.05, 3.63) is 86.4 Å². The van der Waals surface area contributed by atoms with Crippen LogP contribution in [0.4, 0.5) is 5.69 Å². The molecule has 0 fully saturated rings. The van der Waals surface area contributed by atoms with Crippen molar-refractivity contribution < 1.29 is 19.4 Å². The molecule has 8 heteroatoms. The number of hydrogen-bond acceptors (Lipinski definition) is 4. The third-order valence-electron chi connectivity index (χ3n) is 4.32. The molecule has 0 aliphatic rings. The predicted octanol–water partition coefficient (Wildman–Crippen LogP) is 6.54. The molecule has 0 heterocycles. The van der Waals surface area contributed by atoms with E-state index in [2.05, 4.69) is 5.32 Å². The smallest absolute Gasteiger partial charge is 0.335 e. The van der Waals surface area contributed by atoms with E-state index >= 15 is 0 Å². The molecular formula is C22H18Cl3NO4. The average Bonchev–Trinajstić information content (AvgIpc) is 2.72. The van der Waals surface area contributed by atoms with Crippen molar-refractivity contribution in [2.75, 3.05) is 12.4 Å². The Hall–Kier alpha value is -2.60. The monoisotopic (exact) mass is 465 g/mol. The number of carboxylic acid groups (broad SMARTS) is 1. The summed E-state index contributed by atoms with van der Waals surface area (Å²) >= 11 is 18.3. The summed E-state index contributed by atoms with van der Waals surface area (Å²) in [6, 6.07) is 15.2. The van der Waals surface area contributed by atoms with E-state index in [4.69, 9.17) is 49.4 Å². The minimum absolute atomic E-state index is 0.157. The van der Waals surface area contributed by atoms with Gasteiger partial charge in [0.1, 0.15) is 6.61 Å². The Morgan fingerprint density at radius 1 is 0.967 bits per heavy atom. The van der Waals surface area contributed by atoms with Gasteiger partial charge >= 0.3 is 5.97 Å². The van der Waals surface area contributed by atoms with Crippen molar-refractivity contribution in [2.24, 2.45) is 0 Å². The van der Waals surface area contributed by atoms with Crippen LogP contribution in [-0.2, 0) is 13.2 Å². The molecule has 3 aromatic rings. The molecule has 0 amide bonds. The number of carboxylic acids is 1. The summed E-state index contributed by atoms with van der Waals surface area (Å²) in [7, 11) is 1.56. The van der Waals surface area contributed by atoms with Gasteiger partial charge in [0.25, 0.3) is 0 Å². The molecule has 0 bridgehead atoms. The number of nitrogens with one attached hydrogen (secondary N) is 1. The quantitative estimate of drug-likeness (QED) is 0.394. The Kier molecular flexibility index (Phi) is 7.32. The highest BCUT2D eigenvalue weighted by molar-refractivity contribution is 6.35. The molecule has 0 saturated carbocycles. The van der Waals surface area contributed by atoms with Gasteiger partial charge in [0.15, 0.2) is 11.5 Å². The molecule has 156 valence electrons. The molecule has 3 aromatic carbocycles. The summed E-state index contributed by atoms with van der Waals surface area (Å²) in [5.41, 5.74) is 2.40. The van der Waals surface area contributed by atoms with Crippen molar-refractivity contribution in [1.29, 1.82) is 0 Å². The summed E-state index contributed by atoms with van der Waals surface area (Å²) < 4.78 is 11.3. The minimum atomic E-state index is -1.02. The summed E-state index contributed by atoms with van der Waals surface area (Å²) in [4.78, 5) is 11.1. The second-order valence-corrected chi connectivity index (χ2v) is 7.61. The fraction of sp³-hybridized carbons (Fsp3) is 0.136. The van der Waals surface area contributed by atoms with Crippen LogP contribution >= 0.6 is 34.8 Å². The van der Waals surface area contributed by atoms with Gasteiger partial charge in [-0.3, -0.25) is 0 Å². The molecule has 30 heavy (non-hydrogen) atoms. The highest BCUT2D eigenvalue weighted by atomic mass is 35.5. The zero-order valence-electron chi connectivity index (χ0n) is 15.9. The first-order valence-electron chi connectivity index (χ1n) is 8.87. The van der Waals surface area contributed by atoms with Gasteiger partial charge in [0.2, 0.25) is 0 Å². The molecule has 0 spiro atoms. The Morgan fingerprint density at radius 2 is 1.77 bits per heavy atom. The van der Waals surface area contributed by atoms with Crippen LogP contribution in [0.3, 0.4) is 0 Å². The Labute approximate surface area is 189 Å². The van der Waals surface area contributed by atoms with E-state index in [9.17, 15) is 4.79 Å². The van der Waals surface area contributed by atoms with Crippen molar-refractivity contribution in [3.8, 4) is 11.5 Å². The van der Waals surface area contributed by atoms with Crippen LogP contribution in [0.15, 0.2) is 54.6 Å². The van der Waals surface area contributed by atoms with Gasteiger partial charge in [-0.2, -0.15) is 0 Å². The van der Waals surface area contributed by atoms with Gasteiger partial charge in [-0.15, -0.1) is 0 Å². The fourth-order valence-electron chi connectivity index (χ4n) is 2.73. The van der Waals surface area contributed by atoms with Crippen LogP contribution in [0.1, 0.15) is 21.5 Å². The molecule has 0 saturated heterocycles. The number of rotatable bonds is 8. The third kappa shape index (κ3) is 5.51. The molecule has 0 aliphatic heterocycles. The van der Waals surface area contributed by atoms with E-state index in [0.717, 1.165) is 11.1 Å². The predicted molar refractivity (Wildman–Crippen MR) is 120 cm³/mol. The average molecular weight is 467 g/mol. The number of benzene rings is 3. The summed E-state index contributed by atoms with van der Waals surface area (Å²) in [6.07, 6.45) is 0. The van der Waals surface area contributed by atoms with Crippen LogP contribution in [0.25, 0.3) is 0 Å². The largest absolute Gasteiger partial charge is 0.493 e. The Balaban J connectivity index is 1.69. The molecule has 5 nitrogen and oxygen atoms in total. The molecule has 0 radical (unpaired) electrons. The topological polar surface area (TPSA) is 67.8 Å². The number of hydrogen-bond donors (Lipinski definition) is 2. The summed E-state index contributed by atoms with van der Waals surface area (Å²) in [6.45, 7) is 0.685. The van der Waals surface area contributed by atoms with Gasteiger partial charge in [0, 0.05) is 22.2 Å². The highest BCUT2D eigenvalue weighted by Gasteiger charge is 2.10. The second-order valence-electron chi connectivity index (χ2n) is 6.36. The van der Waals surface area contributed by atoms with Crippen LogP contribution in [0, 0.1) is 0 Å². The standard InChI is InChI=1S/C22H18Cl3NO4/c1-29-21-8-13(11-26-19-9-14(22(27)28)4-6-17(19)24)2-7-20(21)30-12-15-3-5-16(23)10-18(15)25/h2-10,26H,11-12H2,1H3,(H,27,28). The van der Waals surface area contributed by atoms with E-state index in [1.165, 1.54) is 12.1 Å². The van der Waals surface area contributed by atoms with Gasteiger partial charge in [-0.25, -0.2) is 4.79 Å². The highest BCUT2D eigenvalue weighted by Crippen LogP contribution is 2.31. The first-order chi connectivity index (χ1) is 14.4. The van der Waals surface area contributed by atoms with E-state index in [1.807, 2.05) is 18.2 Å². The van der Waals surface area contributed by atoms with Crippen LogP contribution in [0.2, 0.25) is 15.1 Å². The molecule has 2 N–H and O–H groups in total. The SMILES string of the molecule is COc1cc(CNc2cc(C(=O)O)ccc2Cl)ccc1OCc1ccc(Cl)cc1Cl. The Bertz CT molecular complexity index is 1070. The van der Waals surface area contributed by atoms with Gasteiger partial charge in [0.05, 0.1) is 23.4 Å². The maximum Gasteiger partial charge on any atom is 0.335 e. The second kappa shape index (κ2) is 9.94. The fourth-order valence-corrected chi connectivity index (χ4v) is 3.37. The summed E-state index contributed by atoms with van der Waals surface area (Å²) in [5, 5.41) is 13.8. The first-order valence-corrected chi connectivity index (χ1v) is 10.0. The van der Waals surface area contributed by atoms with Gasteiger partial charge in [-0.1, -0.05) is 46.9 Å². The minimum Gasteiger partial charge on any atom is -0.493 e. The number of aromatic carboxylic acids is 1. The van der Waals surface area contributed by atoms with Crippen LogP contribution in [0.5, 0.6) is 11.5 Å². The van der Waals surface area contributed by atoms with Gasteiger partial charge < -0.3 is 19.9 Å². The van der Waals surface area contributed by atoms with E-state index in [1.54, 1.807) is 31.4 Å². The first kappa shape index (κ1) is 22.1. The molecule has 0 unspecified atom stereocenters.